The van der Waals surface area contributed by atoms with Crippen molar-refractivity contribution in [1.29, 1.82) is 0 Å². The third-order valence-corrected chi connectivity index (χ3v) is 6.25. The summed E-state index contributed by atoms with van der Waals surface area (Å²) in [6.07, 6.45) is 1.04. The summed E-state index contributed by atoms with van der Waals surface area (Å²) in [5, 5.41) is 0.627. The van der Waals surface area contributed by atoms with Gasteiger partial charge in [0, 0.05) is 29.6 Å². The Kier molecular flexibility index (Phi) is 5.10. The summed E-state index contributed by atoms with van der Waals surface area (Å²) >= 11 is 0. The van der Waals surface area contributed by atoms with Crippen LogP contribution in [-0.2, 0) is 17.7 Å². The normalized spacial score (nSPS) is 15.6. The van der Waals surface area contributed by atoms with Gasteiger partial charge in [0.2, 0.25) is 0 Å². The van der Waals surface area contributed by atoms with E-state index in [1.165, 1.54) is 19.2 Å². The molecule has 160 valence electrons. The molecule has 0 fully saturated rings. The molecule has 1 heterocycles. The lowest BCUT2D eigenvalue weighted by atomic mass is 9.81. The second-order valence-electron chi connectivity index (χ2n) is 8.17. The first-order chi connectivity index (χ1) is 15.6. The van der Waals surface area contributed by atoms with Crippen LogP contribution in [0.4, 0.5) is 4.39 Å². The number of methoxy groups -OCH3 is 1. The molecule has 5 rings (SSSR count). The first-order valence-corrected chi connectivity index (χ1v) is 10.6. The Bertz CT molecular complexity index is 1340. The molecular weight excluding hydrogens is 405 g/mol. The molecule has 1 aromatic heterocycles. The summed E-state index contributed by atoms with van der Waals surface area (Å²) in [4.78, 5) is 26.0. The zero-order valence-electron chi connectivity index (χ0n) is 17.7. The van der Waals surface area contributed by atoms with Crippen molar-refractivity contribution in [2.45, 2.75) is 25.3 Å². The molecule has 32 heavy (non-hydrogen) atoms. The minimum Gasteiger partial charge on any atom is -0.465 e. The van der Waals surface area contributed by atoms with Gasteiger partial charge in [0.25, 0.3) is 0 Å². The summed E-state index contributed by atoms with van der Waals surface area (Å²) in [6, 6.07) is 21.9. The Labute approximate surface area is 185 Å². The van der Waals surface area contributed by atoms with Crippen molar-refractivity contribution < 1.29 is 18.7 Å². The largest absolute Gasteiger partial charge is 0.465 e. The third-order valence-electron chi connectivity index (χ3n) is 6.25. The van der Waals surface area contributed by atoms with E-state index >= 15 is 0 Å². The standard InChI is InChI=1S/C27H22FNO3/c1-32-27(31)21-11-6-12-22-25(21)26-23(29(22)16-17-7-5-10-20(28)13-17)14-19(15-24(26)30)18-8-3-2-4-9-18/h2-13,19H,14-16H2,1H3. The average Bonchev–Trinajstić information content (AvgIpc) is 3.13. The highest BCUT2D eigenvalue weighted by molar-refractivity contribution is 6.16. The second kappa shape index (κ2) is 8.08. The lowest BCUT2D eigenvalue weighted by Crippen LogP contribution is -2.21. The lowest BCUT2D eigenvalue weighted by Gasteiger charge is -2.24. The van der Waals surface area contributed by atoms with E-state index in [2.05, 4.69) is 4.57 Å². The Morgan fingerprint density at radius 1 is 1.03 bits per heavy atom. The van der Waals surface area contributed by atoms with E-state index in [9.17, 15) is 14.0 Å². The Balaban J connectivity index is 1.73. The Morgan fingerprint density at radius 3 is 2.56 bits per heavy atom. The number of nitrogens with zero attached hydrogens (tertiary/aromatic N) is 1. The minimum absolute atomic E-state index is 0.0134. The van der Waals surface area contributed by atoms with Gasteiger partial charge in [-0.3, -0.25) is 4.79 Å². The SMILES string of the molecule is COC(=O)c1cccc2c1c1c(n2Cc2cccc(F)c2)CC(c2ccccc2)CC1=O. The number of hydrogen-bond donors (Lipinski definition) is 0. The van der Waals surface area contributed by atoms with E-state index in [0.29, 0.717) is 35.9 Å². The van der Waals surface area contributed by atoms with E-state index in [1.54, 1.807) is 18.2 Å². The smallest absolute Gasteiger partial charge is 0.338 e. The lowest BCUT2D eigenvalue weighted by molar-refractivity contribution is 0.0603. The number of esters is 1. The maximum Gasteiger partial charge on any atom is 0.338 e. The molecule has 1 aliphatic rings. The highest BCUT2D eigenvalue weighted by Crippen LogP contribution is 2.40. The van der Waals surface area contributed by atoms with Crippen molar-refractivity contribution in [3.05, 3.63) is 107 Å². The minimum atomic E-state index is -0.473. The topological polar surface area (TPSA) is 48.3 Å². The van der Waals surface area contributed by atoms with Crippen LogP contribution in [0.25, 0.3) is 10.9 Å². The van der Waals surface area contributed by atoms with Gasteiger partial charge in [-0.1, -0.05) is 48.5 Å². The van der Waals surface area contributed by atoms with Gasteiger partial charge in [-0.05, 0) is 47.7 Å². The molecule has 3 aromatic carbocycles. The number of ether oxygens (including phenoxy) is 1. The quantitative estimate of drug-likeness (QED) is 0.403. The number of ketones is 1. The highest BCUT2D eigenvalue weighted by Gasteiger charge is 2.33. The van der Waals surface area contributed by atoms with Gasteiger partial charge in [-0.15, -0.1) is 0 Å². The number of halogens is 1. The molecule has 0 amide bonds. The number of aromatic nitrogens is 1. The van der Waals surface area contributed by atoms with E-state index < -0.39 is 5.97 Å². The number of fused-ring (bicyclic) bond motifs is 3. The first-order valence-electron chi connectivity index (χ1n) is 10.6. The molecule has 0 spiro atoms. The maximum absolute atomic E-state index is 13.9. The monoisotopic (exact) mass is 427 g/mol. The van der Waals surface area contributed by atoms with Crippen LogP contribution in [0.3, 0.4) is 0 Å². The maximum atomic E-state index is 13.9. The van der Waals surface area contributed by atoms with Crippen molar-refractivity contribution in [2.24, 2.45) is 0 Å². The number of carbonyl (C=O) groups is 2. The summed E-state index contributed by atoms with van der Waals surface area (Å²) in [5.41, 5.74) is 4.54. The number of rotatable bonds is 4. The van der Waals surface area contributed by atoms with Crippen LogP contribution in [0, 0.1) is 5.82 Å². The molecule has 0 saturated carbocycles. The van der Waals surface area contributed by atoms with Crippen LogP contribution in [-0.4, -0.2) is 23.4 Å². The average molecular weight is 427 g/mol. The van der Waals surface area contributed by atoms with Crippen molar-refractivity contribution in [3.8, 4) is 0 Å². The fraction of sp³-hybridized carbons (Fsp3) is 0.185. The summed E-state index contributed by atoms with van der Waals surface area (Å²) in [5.74, 6) is -0.714. The third kappa shape index (κ3) is 3.40. The molecular formula is C27H22FNO3. The predicted octanol–water partition coefficient (Wildman–Crippen LogP) is 5.53. The van der Waals surface area contributed by atoms with Gasteiger partial charge in [-0.2, -0.15) is 0 Å². The Hall–Kier alpha value is -3.73. The first kappa shape index (κ1) is 20.2. The molecule has 1 aliphatic carbocycles. The molecule has 0 radical (unpaired) electrons. The predicted molar refractivity (Wildman–Crippen MR) is 121 cm³/mol. The molecule has 0 N–H and O–H groups in total. The zero-order valence-corrected chi connectivity index (χ0v) is 17.7. The highest BCUT2D eigenvalue weighted by atomic mass is 19.1. The van der Waals surface area contributed by atoms with E-state index in [0.717, 1.165) is 22.3 Å². The number of benzene rings is 3. The number of hydrogen-bond acceptors (Lipinski definition) is 3. The molecule has 5 heteroatoms. The molecule has 4 nitrogen and oxygen atoms in total. The fourth-order valence-electron chi connectivity index (χ4n) is 4.84. The van der Waals surface area contributed by atoms with Crippen molar-refractivity contribution in [2.75, 3.05) is 7.11 Å². The van der Waals surface area contributed by atoms with E-state index in [4.69, 9.17) is 4.74 Å². The number of Topliss-reactive ketones (excluding diaryl/α,β-unsaturated/α-hetero) is 1. The molecule has 4 aromatic rings. The van der Waals surface area contributed by atoms with Gasteiger partial charge < -0.3 is 9.30 Å². The van der Waals surface area contributed by atoms with Crippen molar-refractivity contribution in [3.63, 3.8) is 0 Å². The fourth-order valence-corrected chi connectivity index (χ4v) is 4.84. The second-order valence-corrected chi connectivity index (χ2v) is 8.17. The van der Waals surface area contributed by atoms with Crippen molar-refractivity contribution >= 4 is 22.7 Å². The van der Waals surface area contributed by atoms with Crippen LogP contribution in [0.1, 0.15) is 49.9 Å². The summed E-state index contributed by atoms with van der Waals surface area (Å²) in [6.45, 7) is 0.406. The summed E-state index contributed by atoms with van der Waals surface area (Å²) in [7, 11) is 1.34. The van der Waals surface area contributed by atoms with Gasteiger partial charge in [0.15, 0.2) is 5.78 Å². The zero-order chi connectivity index (χ0) is 22.2. The molecule has 0 bridgehead atoms. The van der Waals surface area contributed by atoms with Gasteiger partial charge in [0.05, 0.1) is 18.2 Å². The number of carbonyl (C=O) groups excluding carboxylic acids is 2. The van der Waals surface area contributed by atoms with Crippen LogP contribution >= 0.6 is 0 Å². The van der Waals surface area contributed by atoms with E-state index in [1.807, 2.05) is 42.5 Å². The van der Waals surface area contributed by atoms with Gasteiger partial charge in [0.1, 0.15) is 5.82 Å². The molecule has 0 saturated heterocycles. The van der Waals surface area contributed by atoms with Crippen LogP contribution in [0.2, 0.25) is 0 Å². The molecule has 1 atom stereocenters. The Morgan fingerprint density at radius 2 is 1.81 bits per heavy atom. The molecule has 0 aliphatic heterocycles. The van der Waals surface area contributed by atoms with Crippen LogP contribution in [0.5, 0.6) is 0 Å². The summed E-state index contributed by atoms with van der Waals surface area (Å²) < 4.78 is 20.9. The van der Waals surface area contributed by atoms with Crippen LogP contribution in [0.15, 0.2) is 72.8 Å². The van der Waals surface area contributed by atoms with Gasteiger partial charge in [-0.25, -0.2) is 9.18 Å². The van der Waals surface area contributed by atoms with E-state index in [-0.39, 0.29) is 17.5 Å². The van der Waals surface area contributed by atoms with Gasteiger partial charge >= 0.3 is 5.97 Å². The van der Waals surface area contributed by atoms with Crippen molar-refractivity contribution in [1.82, 2.24) is 4.57 Å². The van der Waals surface area contributed by atoms with Crippen LogP contribution < -0.4 is 0 Å². The molecule has 1 unspecified atom stereocenters.